The van der Waals surface area contributed by atoms with E-state index in [0.717, 1.165) is 0 Å². The van der Waals surface area contributed by atoms with E-state index in [0.29, 0.717) is 0 Å². The van der Waals surface area contributed by atoms with Crippen LogP contribution in [0.2, 0.25) is 17.3 Å². The molecule has 0 aliphatic carbocycles. The molecule has 0 aliphatic rings. The molecule has 0 heterocycles. The fourth-order valence-corrected chi connectivity index (χ4v) is 6.72. The summed E-state index contributed by atoms with van der Waals surface area (Å²) in [5, 5.41) is 0.275. The number of rotatable bonds is 1. The van der Waals surface area contributed by atoms with Crippen LogP contribution in [0.15, 0.2) is 0 Å². The Morgan fingerprint density at radius 3 is 1.75 bits per heavy atom. The summed E-state index contributed by atoms with van der Waals surface area (Å²) in [7, 11) is 1.56. The van der Waals surface area contributed by atoms with Gasteiger partial charge >= 0.3 is 56.3 Å². The minimum atomic E-state index is -1.59. The topological polar surface area (TPSA) is 17.1 Å². The fraction of sp³-hybridized carbons (Fsp3) is 0.800. The van der Waals surface area contributed by atoms with Gasteiger partial charge in [0.15, 0.2) is 0 Å². The van der Waals surface area contributed by atoms with Crippen molar-refractivity contribution in [3.63, 3.8) is 0 Å². The third-order valence-corrected chi connectivity index (χ3v) is 7.01. The van der Waals surface area contributed by atoms with Gasteiger partial charge in [-0.05, 0) is 0 Å². The third kappa shape index (κ3) is 6.56. The zero-order valence-electron chi connectivity index (χ0n) is 5.82. The van der Waals surface area contributed by atoms with Crippen molar-refractivity contribution in [1.29, 1.82) is 0 Å². The Morgan fingerprint density at radius 1 is 1.38 bits per heavy atom. The van der Waals surface area contributed by atoms with Crippen molar-refractivity contribution in [3.8, 4) is 0 Å². The fourth-order valence-electron chi connectivity index (χ4n) is 0.431. The second kappa shape index (κ2) is 2.92. The standard InChI is InChI=1S/C5H12GeOS/c1-5(7)8-6(2,3)4/h1-4H3. The first-order valence-corrected chi connectivity index (χ1v) is 12.3. The predicted octanol–water partition coefficient (Wildman–Crippen LogP) is 2.10. The van der Waals surface area contributed by atoms with Gasteiger partial charge in [-0.2, -0.15) is 0 Å². The molecule has 48 valence electrons. The van der Waals surface area contributed by atoms with Crippen LogP contribution in [0.3, 0.4) is 0 Å². The van der Waals surface area contributed by atoms with E-state index in [1.807, 2.05) is 0 Å². The number of hydrogen-bond acceptors (Lipinski definition) is 2. The SMILES string of the molecule is CC(=O)[S][Ge]([CH3])([CH3])[CH3]. The molecule has 1 nitrogen and oxygen atoms in total. The van der Waals surface area contributed by atoms with E-state index in [-0.39, 0.29) is 5.12 Å². The Balaban J connectivity index is 3.55. The molecule has 0 aromatic heterocycles. The normalized spacial score (nSPS) is 11.5. The summed E-state index contributed by atoms with van der Waals surface area (Å²) in [6, 6.07) is 0. The molecule has 0 spiro atoms. The van der Waals surface area contributed by atoms with Crippen LogP contribution < -0.4 is 0 Å². The van der Waals surface area contributed by atoms with Crippen LogP contribution in [0.4, 0.5) is 0 Å². The van der Waals surface area contributed by atoms with Crippen molar-refractivity contribution in [1.82, 2.24) is 0 Å². The molecule has 3 heteroatoms. The van der Waals surface area contributed by atoms with Gasteiger partial charge in [-0.1, -0.05) is 0 Å². The Kier molecular flexibility index (Phi) is 3.12. The first-order valence-electron chi connectivity index (χ1n) is 2.61. The van der Waals surface area contributed by atoms with E-state index in [4.69, 9.17) is 0 Å². The van der Waals surface area contributed by atoms with Gasteiger partial charge in [0, 0.05) is 0 Å². The average Bonchev–Trinajstić information content (AvgIpc) is 1.21. The van der Waals surface area contributed by atoms with E-state index in [2.05, 4.69) is 17.3 Å². The van der Waals surface area contributed by atoms with Crippen LogP contribution in [0.25, 0.3) is 0 Å². The Bertz CT molecular complexity index is 95.1. The Hall–Kier alpha value is 0.563. The zero-order valence-corrected chi connectivity index (χ0v) is 8.73. The van der Waals surface area contributed by atoms with Crippen LogP contribution in [0.1, 0.15) is 6.92 Å². The molecule has 0 saturated carbocycles. The molecular formula is C5H12GeOS. The summed E-state index contributed by atoms with van der Waals surface area (Å²) in [5.74, 6) is 6.64. The van der Waals surface area contributed by atoms with Crippen molar-refractivity contribution < 1.29 is 4.79 Å². The molecule has 0 radical (unpaired) electrons. The maximum absolute atomic E-state index is 10.5. The van der Waals surface area contributed by atoms with Gasteiger partial charge < -0.3 is 0 Å². The van der Waals surface area contributed by atoms with Crippen molar-refractivity contribution >= 4 is 27.3 Å². The monoisotopic (exact) mass is 194 g/mol. The van der Waals surface area contributed by atoms with Crippen LogP contribution >= 0.6 is 10.1 Å². The van der Waals surface area contributed by atoms with Crippen molar-refractivity contribution in [3.05, 3.63) is 0 Å². The van der Waals surface area contributed by atoms with E-state index in [1.54, 1.807) is 17.0 Å². The molecule has 0 unspecified atom stereocenters. The van der Waals surface area contributed by atoms with Crippen LogP contribution in [0.5, 0.6) is 0 Å². The molecule has 0 aliphatic heterocycles. The predicted molar refractivity (Wildman–Crippen MR) is 41.6 cm³/mol. The van der Waals surface area contributed by atoms with Gasteiger partial charge in [-0.3, -0.25) is 0 Å². The van der Waals surface area contributed by atoms with Crippen LogP contribution in [-0.2, 0) is 4.79 Å². The first-order chi connectivity index (χ1) is 3.42. The maximum atomic E-state index is 10.5. The summed E-state index contributed by atoms with van der Waals surface area (Å²) in [5.41, 5.74) is 0. The number of carbonyl (C=O) groups excluding carboxylic acids is 1. The van der Waals surface area contributed by atoms with Gasteiger partial charge in [0.05, 0.1) is 0 Å². The molecule has 0 aromatic rings. The molecule has 0 saturated heterocycles. The third-order valence-electron chi connectivity index (χ3n) is 0.450. The van der Waals surface area contributed by atoms with Gasteiger partial charge in [0.1, 0.15) is 0 Å². The molecular weight excluding hydrogens is 181 g/mol. The quantitative estimate of drug-likeness (QED) is 0.593. The van der Waals surface area contributed by atoms with Gasteiger partial charge in [-0.25, -0.2) is 0 Å². The molecule has 0 N–H and O–H groups in total. The van der Waals surface area contributed by atoms with Crippen LogP contribution in [-0.4, -0.2) is 17.2 Å². The summed E-state index contributed by atoms with van der Waals surface area (Å²) in [4.78, 5) is 10.5. The summed E-state index contributed by atoms with van der Waals surface area (Å²) >= 11 is -1.59. The van der Waals surface area contributed by atoms with E-state index in [1.165, 1.54) is 0 Å². The van der Waals surface area contributed by atoms with Crippen LogP contribution in [0, 0.1) is 0 Å². The van der Waals surface area contributed by atoms with Crippen molar-refractivity contribution in [2.24, 2.45) is 0 Å². The molecule has 0 fully saturated rings. The van der Waals surface area contributed by atoms with Gasteiger partial charge in [-0.15, -0.1) is 0 Å². The second-order valence-corrected chi connectivity index (χ2v) is 20.0. The Morgan fingerprint density at radius 2 is 1.75 bits per heavy atom. The zero-order chi connectivity index (χ0) is 6.78. The molecule has 0 amide bonds. The molecule has 8 heavy (non-hydrogen) atoms. The van der Waals surface area contributed by atoms with Gasteiger partial charge in [0.25, 0.3) is 0 Å². The average molecular weight is 193 g/mol. The number of hydrogen-bond donors (Lipinski definition) is 0. The molecule has 0 atom stereocenters. The summed E-state index contributed by atoms with van der Waals surface area (Å²) in [6.07, 6.45) is 0. The summed E-state index contributed by atoms with van der Waals surface area (Å²) < 4.78 is 0. The van der Waals surface area contributed by atoms with E-state index < -0.39 is 12.1 Å². The second-order valence-electron chi connectivity index (χ2n) is 2.71. The molecule has 0 rings (SSSR count). The Labute approximate surface area is 56.6 Å². The van der Waals surface area contributed by atoms with Crippen molar-refractivity contribution in [2.75, 3.05) is 0 Å². The first kappa shape index (κ1) is 8.56. The molecule has 0 bridgehead atoms. The molecule has 0 aromatic carbocycles. The van der Waals surface area contributed by atoms with E-state index >= 15 is 0 Å². The van der Waals surface area contributed by atoms with E-state index in [9.17, 15) is 4.79 Å². The number of carbonyl (C=O) groups is 1. The summed E-state index contributed by atoms with van der Waals surface area (Å²) in [6.45, 7) is 1.64. The van der Waals surface area contributed by atoms with Crippen molar-refractivity contribution in [2.45, 2.75) is 24.2 Å². The minimum absolute atomic E-state index is 0.275. The van der Waals surface area contributed by atoms with Gasteiger partial charge in [0.2, 0.25) is 0 Å².